The van der Waals surface area contributed by atoms with E-state index in [2.05, 4.69) is 9.88 Å². The highest BCUT2D eigenvalue weighted by Gasteiger charge is 2.35. The lowest BCUT2D eigenvalue weighted by molar-refractivity contribution is -0.138. The van der Waals surface area contributed by atoms with Gasteiger partial charge in [-0.1, -0.05) is 24.3 Å². The molecule has 1 atom stereocenters. The Morgan fingerprint density at radius 1 is 0.968 bits per heavy atom. The second-order valence-electron chi connectivity index (χ2n) is 8.25. The number of rotatable bonds is 6. The van der Waals surface area contributed by atoms with Crippen LogP contribution in [0.25, 0.3) is 0 Å². The van der Waals surface area contributed by atoms with Crippen molar-refractivity contribution in [2.75, 3.05) is 45.8 Å². The lowest BCUT2D eigenvalue weighted by atomic mass is 9.97. The van der Waals surface area contributed by atoms with Crippen LogP contribution in [-0.4, -0.2) is 79.2 Å². The van der Waals surface area contributed by atoms with Crippen molar-refractivity contribution < 1.29 is 13.2 Å². The maximum atomic E-state index is 13.1. The highest BCUT2D eigenvalue weighted by atomic mass is 32.2. The molecule has 0 saturated carbocycles. The van der Waals surface area contributed by atoms with Gasteiger partial charge >= 0.3 is 0 Å². The lowest BCUT2D eigenvalue weighted by Crippen LogP contribution is -2.53. The summed E-state index contributed by atoms with van der Waals surface area (Å²) in [6.45, 7) is 4.77. The molecule has 0 aliphatic carbocycles. The largest absolute Gasteiger partial charge is 0.340 e. The van der Waals surface area contributed by atoms with Gasteiger partial charge in [-0.25, -0.2) is 8.42 Å². The fourth-order valence-electron chi connectivity index (χ4n) is 4.37. The molecule has 0 bridgehead atoms. The smallest absolute Gasteiger partial charge is 0.243 e. The number of piperidine rings is 1. The van der Waals surface area contributed by atoms with Crippen molar-refractivity contribution >= 4 is 15.9 Å². The van der Waals surface area contributed by atoms with Gasteiger partial charge in [0.05, 0.1) is 10.8 Å². The molecular weight excluding hydrogens is 412 g/mol. The average Bonchev–Trinajstić information content (AvgIpc) is 2.84. The van der Waals surface area contributed by atoms with E-state index < -0.39 is 10.0 Å². The Labute approximate surface area is 184 Å². The minimum absolute atomic E-state index is 0.0948. The summed E-state index contributed by atoms with van der Waals surface area (Å²) in [6, 6.07) is 14.5. The number of carbonyl (C=O) groups excluding carboxylic acids is 1. The van der Waals surface area contributed by atoms with Crippen molar-refractivity contribution in [1.29, 1.82) is 0 Å². The minimum atomic E-state index is -3.55. The van der Waals surface area contributed by atoms with Crippen LogP contribution in [0.3, 0.4) is 0 Å². The van der Waals surface area contributed by atoms with Crippen LogP contribution < -0.4 is 0 Å². The molecule has 166 valence electrons. The molecule has 1 aromatic carbocycles. The van der Waals surface area contributed by atoms with E-state index in [1.807, 2.05) is 29.3 Å². The number of carbonyl (C=O) groups is 1. The maximum absolute atomic E-state index is 13.1. The SMILES string of the molecule is O=C([C@H]1CCCN(S(=O)(=O)c2ccccc2)C1)N1CCN(CCc2ccccn2)CC1. The molecule has 3 heterocycles. The van der Waals surface area contributed by atoms with E-state index in [0.717, 1.165) is 38.2 Å². The van der Waals surface area contributed by atoms with Crippen molar-refractivity contribution in [3.05, 3.63) is 60.4 Å². The number of amides is 1. The van der Waals surface area contributed by atoms with Gasteiger partial charge in [0.15, 0.2) is 0 Å². The summed E-state index contributed by atoms with van der Waals surface area (Å²) in [6.07, 6.45) is 4.19. The van der Waals surface area contributed by atoms with E-state index in [-0.39, 0.29) is 18.4 Å². The molecule has 0 radical (unpaired) electrons. The summed E-state index contributed by atoms with van der Waals surface area (Å²) >= 11 is 0. The first-order chi connectivity index (χ1) is 15.0. The zero-order valence-electron chi connectivity index (χ0n) is 17.8. The molecule has 2 fully saturated rings. The highest BCUT2D eigenvalue weighted by Crippen LogP contribution is 2.25. The molecule has 31 heavy (non-hydrogen) atoms. The number of hydrogen-bond acceptors (Lipinski definition) is 5. The topological polar surface area (TPSA) is 73.8 Å². The normalized spacial score (nSPS) is 21.2. The molecule has 0 spiro atoms. The second kappa shape index (κ2) is 9.89. The van der Waals surface area contributed by atoms with Crippen LogP contribution in [0.1, 0.15) is 18.5 Å². The third-order valence-corrected chi connectivity index (χ3v) is 8.09. The van der Waals surface area contributed by atoms with E-state index >= 15 is 0 Å². The third-order valence-electron chi connectivity index (χ3n) is 6.21. The lowest BCUT2D eigenvalue weighted by Gasteiger charge is -2.38. The summed E-state index contributed by atoms with van der Waals surface area (Å²) in [7, 11) is -3.55. The van der Waals surface area contributed by atoms with Gasteiger partial charge < -0.3 is 4.90 Å². The molecule has 2 aliphatic heterocycles. The molecule has 0 N–H and O–H groups in total. The summed E-state index contributed by atoms with van der Waals surface area (Å²) in [4.78, 5) is 22.1. The molecule has 4 rings (SSSR count). The number of piperazine rings is 1. The fraction of sp³-hybridized carbons (Fsp3) is 0.478. The number of hydrogen-bond donors (Lipinski definition) is 0. The van der Waals surface area contributed by atoms with Crippen molar-refractivity contribution in [3.8, 4) is 0 Å². The van der Waals surface area contributed by atoms with E-state index in [4.69, 9.17) is 0 Å². The minimum Gasteiger partial charge on any atom is -0.340 e. The number of aromatic nitrogens is 1. The van der Waals surface area contributed by atoms with Crippen LogP contribution in [0.15, 0.2) is 59.6 Å². The van der Waals surface area contributed by atoms with Gasteiger partial charge in [0.25, 0.3) is 0 Å². The van der Waals surface area contributed by atoms with Crippen LogP contribution in [0.2, 0.25) is 0 Å². The molecule has 2 aromatic rings. The molecular formula is C23H30N4O3S. The monoisotopic (exact) mass is 442 g/mol. The van der Waals surface area contributed by atoms with Crippen LogP contribution in [0.4, 0.5) is 0 Å². The number of pyridine rings is 1. The van der Waals surface area contributed by atoms with Crippen LogP contribution in [0, 0.1) is 5.92 Å². The zero-order chi connectivity index (χ0) is 21.7. The first-order valence-electron chi connectivity index (χ1n) is 11.0. The summed E-state index contributed by atoms with van der Waals surface area (Å²) < 4.78 is 27.4. The van der Waals surface area contributed by atoms with Gasteiger partial charge in [0.1, 0.15) is 0 Å². The van der Waals surface area contributed by atoms with Crippen LogP contribution in [0.5, 0.6) is 0 Å². The Kier molecular flexibility index (Phi) is 6.99. The van der Waals surface area contributed by atoms with Crippen LogP contribution in [-0.2, 0) is 21.2 Å². The Balaban J connectivity index is 1.29. The molecule has 2 saturated heterocycles. The Morgan fingerprint density at radius 3 is 2.42 bits per heavy atom. The summed E-state index contributed by atoms with van der Waals surface area (Å²) in [5.74, 6) is -0.162. The van der Waals surface area contributed by atoms with Crippen molar-refractivity contribution in [3.63, 3.8) is 0 Å². The maximum Gasteiger partial charge on any atom is 0.243 e. The quantitative estimate of drug-likeness (QED) is 0.683. The van der Waals surface area contributed by atoms with E-state index in [0.29, 0.717) is 31.0 Å². The first-order valence-corrected chi connectivity index (χ1v) is 12.4. The molecule has 1 amide bonds. The standard InChI is InChI=1S/C23H30N4O3S/c28-23(26-17-15-25(16-18-26)14-11-21-8-4-5-12-24-21)20-7-6-13-27(19-20)31(29,30)22-9-2-1-3-10-22/h1-5,8-10,12,20H,6-7,11,13-19H2/t20-/m0/s1. The van der Waals surface area contributed by atoms with Crippen molar-refractivity contribution in [2.24, 2.45) is 5.92 Å². The predicted octanol–water partition coefficient (Wildman–Crippen LogP) is 1.87. The summed E-state index contributed by atoms with van der Waals surface area (Å²) in [5.41, 5.74) is 1.09. The van der Waals surface area contributed by atoms with Gasteiger partial charge in [-0.05, 0) is 37.1 Å². The number of sulfonamides is 1. The van der Waals surface area contributed by atoms with E-state index in [9.17, 15) is 13.2 Å². The summed E-state index contributed by atoms with van der Waals surface area (Å²) in [5, 5.41) is 0. The molecule has 0 unspecified atom stereocenters. The Bertz CT molecular complexity index is 961. The third kappa shape index (κ3) is 5.31. The number of nitrogens with zero attached hydrogens (tertiary/aromatic N) is 4. The second-order valence-corrected chi connectivity index (χ2v) is 10.2. The van der Waals surface area contributed by atoms with Crippen LogP contribution >= 0.6 is 0 Å². The van der Waals surface area contributed by atoms with E-state index in [1.165, 1.54) is 4.31 Å². The van der Waals surface area contributed by atoms with Gasteiger partial charge in [-0.2, -0.15) is 4.31 Å². The molecule has 8 heteroatoms. The van der Waals surface area contributed by atoms with Gasteiger partial charge in [0, 0.05) is 64.1 Å². The molecule has 7 nitrogen and oxygen atoms in total. The Hall–Kier alpha value is -2.29. The van der Waals surface area contributed by atoms with Crippen molar-refractivity contribution in [2.45, 2.75) is 24.2 Å². The van der Waals surface area contributed by atoms with Gasteiger partial charge in [0.2, 0.25) is 15.9 Å². The molecule has 1 aromatic heterocycles. The first kappa shape index (κ1) is 21.9. The van der Waals surface area contributed by atoms with Gasteiger partial charge in [-0.3, -0.25) is 14.7 Å². The fourth-order valence-corrected chi connectivity index (χ4v) is 5.92. The Morgan fingerprint density at radius 2 is 1.71 bits per heavy atom. The zero-order valence-corrected chi connectivity index (χ0v) is 18.6. The molecule has 2 aliphatic rings. The van der Waals surface area contributed by atoms with Gasteiger partial charge in [-0.15, -0.1) is 0 Å². The predicted molar refractivity (Wildman–Crippen MR) is 119 cm³/mol. The van der Waals surface area contributed by atoms with E-state index in [1.54, 1.807) is 30.3 Å². The van der Waals surface area contributed by atoms with Crippen molar-refractivity contribution in [1.82, 2.24) is 19.1 Å². The number of benzene rings is 1. The highest BCUT2D eigenvalue weighted by molar-refractivity contribution is 7.89. The average molecular weight is 443 g/mol.